The lowest BCUT2D eigenvalue weighted by molar-refractivity contribution is -0.146. The highest BCUT2D eigenvalue weighted by atomic mass is 16.5. The van der Waals surface area contributed by atoms with E-state index in [2.05, 4.69) is 25.1 Å². The van der Waals surface area contributed by atoms with Crippen LogP contribution in [0.3, 0.4) is 0 Å². The molecule has 0 bridgehead atoms. The third-order valence-corrected chi connectivity index (χ3v) is 3.23. The Labute approximate surface area is 96.6 Å². The van der Waals surface area contributed by atoms with Gasteiger partial charge in [0.15, 0.2) is 0 Å². The van der Waals surface area contributed by atoms with Crippen LogP contribution in [0.25, 0.3) is 0 Å². The molecule has 1 aliphatic rings. The first-order valence-electron chi connectivity index (χ1n) is 5.84. The molecule has 0 aliphatic heterocycles. The van der Waals surface area contributed by atoms with Gasteiger partial charge in [0.1, 0.15) is 0 Å². The summed E-state index contributed by atoms with van der Waals surface area (Å²) >= 11 is 0. The topological polar surface area (TPSA) is 26.3 Å². The molecule has 1 aromatic rings. The molecule has 2 nitrogen and oxygen atoms in total. The Balaban J connectivity index is 2.08. The van der Waals surface area contributed by atoms with Crippen LogP contribution in [0.1, 0.15) is 24.0 Å². The van der Waals surface area contributed by atoms with Crippen LogP contribution in [-0.2, 0) is 16.0 Å². The van der Waals surface area contributed by atoms with Gasteiger partial charge in [0.05, 0.1) is 13.0 Å². The first-order chi connectivity index (χ1) is 7.70. The Morgan fingerprint density at radius 2 is 2.25 bits per heavy atom. The Morgan fingerprint density at radius 3 is 2.81 bits per heavy atom. The number of esters is 1. The summed E-state index contributed by atoms with van der Waals surface area (Å²) in [5.41, 5.74) is 2.49. The van der Waals surface area contributed by atoms with E-state index in [1.165, 1.54) is 31.1 Å². The standard InChI is InChI=1S/C14H18O2/c1-10-4-3-5-11(8-10)9-13(12-6-7-12)14(15)16-2/h3-5,8,12-13H,6-7,9H2,1-2H3. The highest BCUT2D eigenvalue weighted by molar-refractivity contribution is 5.73. The van der Waals surface area contributed by atoms with Crippen molar-refractivity contribution < 1.29 is 9.53 Å². The van der Waals surface area contributed by atoms with Gasteiger partial charge in [-0.1, -0.05) is 29.8 Å². The molecule has 0 N–H and O–H groups in total. The Hall–Kier alpha value is -1.31. The molecule has 2 rings (SSSR count). The van der Waals surface area contributed by atoms with Crippen molar-refractivity contribution >= 4 is 5.97 Å². The Kier molecular flexibility index (Phi) is 3.28. The van der Waals surface area contributed by atoms with Crippen LogP contribution in [0, 0.1) is 18.8 Å². The molecule has 0 radical (unpaired) electrons. The minimum atomic E-state index is -0.0518. The molecule has 0 amide bonds. The van der Waals surface area contributed by atoms with E-state index < -0.39 is 0 Å². The largest absolute Gasteiger partial charge is 0.469 e. The first kappa shape index (κ1) is 11.2. The molecule has 1 aromatic carbocycles. The fourth-order valence-electron chi connectivity index (χ4n) is 2.19. The van der Waals surface area contributed by atoms with E-state index in [1.807, 2.05) is 6.07 Å². The summed E-state index contributed by atoms with van der Waals surface area (Å²) in [7, 11) is 1.48. The highest BCUT2D eigenvalue weighted by Gasteiger charge is 2.36. The van der Waals surface area contributed by atoms with Crippen molar-refractivity contribution in [1.82, 2.24) is 0 Å². The number of carbonyl (C=O) groups is 1. The van der Waals surface area contributed by atoms with Crippen molar-refractivity contribution in [2.45, 2.75) is 26.2 Å². The Bertz CT molecular complexity index is 380. The summed E-state index contributed by atoms with van der Waals surface area (Å²) < 4.78 is 4.88. The number of ether oxygens (including phenoxy) is 1. The molecule has 1 fully saturated rings. The predicted molar refractivity (Wildman–Crippen MR) is 63.1 cm³/mol. The molecule has 0 aromatic heterocycles. The zero-order chi connectivity index (χ0) is 11.5. The minimum absolute atomic E-state index is 0.0518. The van der Waals surface area contributed by atoms with E-state index in [0.29, 0.717) is 5.92 Å². The fraction of sp³-hybridized carbons (Fsp3) is 0.500. The molecular weight excluding hydrogens is 200 g/mol. The molecule has 86 valence electrons. The Morgan fingerprint density at radius 1 is 1.50 bits per heavy atom. The van der Waals surface area contributed by atoms with Gasteiger partial charge in [0.2, 0.25) is 0 Å². The zero-order valence-electron chi connectivity index (χ0n) is 9.90. The van der Waals surface area contributed by atoms with Crippen molar-refractivity contribution in [2.75, 3.05) is 7.11 Å². The van der Waals surface area contributed by atoms with Crippen LogP contribution in [-0.4, -0.2) is 13.1 Å². The van der Waals surface area contributed by atoms with Gasteiger partial charge < -0.3 is 4.74 Å². The summed E-state index contributed by atoms with van der Waals surface area (Å²) in [6, 6.07) is 8.36. The van der Waals surface area contributed by atoms with E-state index >= 15 is 0 Å². The summed E-state index contributed by atoms with van der Waals surface area (Å²) in [6.07, 6.45) is 3.16. The molecule has 0 saturated heterocycles. The van der Waals surface area contributed by atoms with E-state index in [-0.39, 0.29) is 11.9 Å². The SMILES string of the molecule is COC(=O)C(Cc1cccc(C)c1)C1CC1. The number of hydrogen-bond acceptors (Lipinski definition) is 2. The second kappa shape index (κ2) is 4.69. The van der Waals surface area contributed by atoms with Gasteiger partial charge in [-0.15, -0.1) is 0 Å². The maximum atomic E-state index is 11.7. The van der Waals surface area contributed by atoms with Crippen LogP contribution in [0.5, 0.6) is 0 Å². The van der Waals surface area contributed by atoms with Crippen LogP contribution < -0.4 is 0 Å². The molecule has 1 atom stereocenters. The summed E-state index contributed by atoms with van der Waals surface area (Å²) in [6.45, 7) is 2.08. The van der Waals surface area contributed by atoms with Crippen LogP contribution in [0.4, 0.5) is 0 Å². The maximum absolute atomic E-state index is 11.7. The fourth-order valence-corrected chi connectivity index (χ4v) is 2.19. The molecule has 16 heavy (non-hydrogen) atoms. The van der Waals surface area contributed by atoms with Crippen molar-refractivity contribution in [2.24, 2.45) is 11.8 Å². The average Bonchev–Trinajstić information content (AvgIpc) is 3.09. The van der Waals surface area contributed by atoms with Crippen LogP contribution in [0.2, 0.25) is 0 Å². The zero-order valence-corrected chi connectivity index (χ0v) is 9.90. The van der Waals surface area contributed by atoms with Crippen LogP contribution in [0.15, 0.2) is 24.3 Å². The maximum Gasteiger partial charge on any atom is 0.309 e. The first-order valence-corrected chi connectivity index (χ1v) is 5.84. The molecule has 2 heteroatoms. The second-order valence-electron chi connectivity index (χ2n) is 4.66. The lowest BCUT2D eigenvalue weighted by atomic mass is 9.94. The molecule has 1 aliphatic carbocycles. The molecule has 1 unspecified atom stereocenters. The quantitative estimate of drug-likeness (QED) is 0.726. The number of aryl methyl sites for hydroxylation is 1. The summed E-state index contributed by atoms with van der Waals surface area (Å²) in [5, 5.41) is 0. The van der Waals surface area contributed by atoms with Crippen molar-refractivity contribution in [3.8, 4) is 0 Å². The molecule has 0 heterocycles. The highest BCUT2D eigenvalue weighted by Crippen LogP contribution is 2.39. The van der Waals surface area contributed by atoms with Gasteiger partial charge >= 0.3 is 5.97 Å². The van der Waals surface area contributed by atoms with Crippen molar-refractivity contribution in [3.63, 3.8) is 0 Å². The minimum Gasteiger partial charge on any atom is -0.469 e. The van der Waals surface area contributed by atoms with Crippen LogP contribution >= 0.6 is 0 Å². The van der Waals surface area contributed by atoms with E-state index in [0.717, 1.165) is 6.42 Å². The van der Waals surface area contributed by atoms with Crippen molar-refractivity contribution in [3.05, 3.63) is 35.4 Å². The van der Waals surface area contributed by atoms with Gasteiger partial charge in [-0.3, -0.25) is 4.79 Å². The number of benzene rings is 1. The van der Waals surface area contributed by atoms with Gasteiger partial charge in [0.25, 0.3) is 0 Å². The lowest BCUT2D eigenvalue weighted by Gasteiger charge is -2.13. The van der Waals surface area contributed by atoms with E-state index in [1.54, 1.807) is 0 Å². The monoisotopic (exact) mass is 218 g/mol. The van der Waals surface area contributed by atoms with Gasteiger partial charge in [-0.2, -0.15) is 0 Å². The molecular formula is C14H18O2. The number of hydrogen-bond donors (Lipinski definition) is 0. The second-order valence-corrected chi connectivity index (χ2v) is 4.66. The third kappa shape index (κ3) is 2.63. The number of rotatable bonds is 4. The molecule has 0 spiro atoms. The third-order valence-electron chi connectivity index (χ3n) is 3.23. The van der Waals surface area contributed by atoms with E-state index in [9.17, 15) is 4.79 Å². The summed E-state index contributed by atoms with van der Waals surface area (Å²) in [4.78, 5) is 11.7. The van der Waals surface area contributed by atoms with Crippen molar-refractivity contribution in [1.29, 1.82) is 0 Å². The van der Waals surface area contributed by atoms with Gasteiger partial charge in [-0.25, -0.2) is 0 Å². The number of carbonyl (C=O) groups excluding carboxylic acids is 1. The van der Waals surface area contributed by atoms with Gasteiger partial charge in [0, 0.05) is 0 Å². The summed E-state index contributed by atoms with van der Waals surface area (Å²) in [5.74, 6) is 0.559. The smallest absolute Gasteiger partial charge is 0.309 e. The predicted octanol–water partition coefficient (Wildman–Crippen LogP) is 2.74. The normalized spacial score (nSPS) is 16.9. The molecule has 1 saturated carbocycles. The number of methoxy groups -OCH3 is 1. The van der Waals surface area contributed by atoms with Gasteiger partial charge in [-0.05, 0) is 37.7 Å². The van der Waals surface area contributed by atoms with E-state index in [4.69, 9.17) is 4.74 Å². The lowest BCUT2D eigenvalue weighted by Crippen LogP contribution is -2.20. The average molecular weight is 218 g/mol.